The van der Waals surface area contributed by atoms with Gasteiger partial charge in [0.25, 0.3) is 11.8 Å². The maximum Gasteiger partial charge on any atom is 0.291 e. The van der Waals surface area contributed by atoms with Crippen LogP contribution in [0.15, 0.2) is 53.1 Å². The van der Waals surface area contributed by atoms with E-state index in [1.807, 2.05) is 32.0 Å². The monoisotopic (exact) mass is 340 g/mol. The van der Waals surface area contributed by atoms with E-state index in [2.05, 4.69) is 10.6 Å². The molecule has 0 radical (unpaired) electrons. The number of anilines is 2. The summed E-state index contributed by atoms with van der Waals surface area (Å²) in [4.78, 5) is 24.8. The topological polar surface area (TPSA) is 71.3 Å². The van der Waals surface area contributed by atoms with Crippen LogP contribution >= 0.6 is 11.3 Å². The van der Waals surface area contributed by atoms with Gasteiger partial charge in [-0.05, 0) is 55.3 Å². The third-order valence-electron chi connectivity index (χ3n) is 3.45. The van der Waals surface area contributed by atoms with Crippen molar-refractivity contribution in [2.24, 2.45) is 0 Å². The molecule has 2 aromatic heterocycles. The van der Waals surface area contributed by atoms with Crippen LogP contribution in [0.25, 0.3) is 0 Å². The zero-order valence-corrected chi connectivity index (χ0v) is 14.1. The van der Waals surface area contributed by atoms with Gasteiger partial charge in [-0.1, -0.05) is 12.1 Å². The minimum atomic E-state index is -0.344. The number of benzene rings is 1. The SMILES string of the molecule is Cc1ccc(C)c(NC(=O)c2ccc(NC(=O)c3ccco3)s2)c1. The molecule has 3 rings (SSSR count). The summed E-state index contributed by atoms with van der Waals surface area (Å²) in [7, 11) is 0. The molecular formula is C18H16N2O3S. The van der Waals surface area contributed by atoms with Crippen molar-refractivity contribution in [3.8, 4) is 0 Å². The molecule has 0 unspecified atom stereocenters. The lowest BCUT2D eigenvalue weighted by molar-refractivity contribution is 0.0995. The second-order valence-electron chi connectivity index (χ2n) is 5.37. The van der Waals surface area contributed by atoms with Gasteiger partial charge < -0.3 is 15.1 Å². The number of carbonyl (C=O) groups is 2. The number of rotatable bonds is 4. The molecule has 2 amide bonds. The van der Waals surface area contributed by atoms with Crippen molar-refractivity contribution in [2.45, 2.75) is 13.8 Å². The highest BCUT2D eigenvalue weighted by Gasteiger charge is 2.14. The summed E-state index contributed by atoms with van der Waals surface area (Å²) in [5, 5.41) is 6.20. The van der Waals surface area contributed by atoms with Gasteiger partial charge in [0.2, 0.25) is 0 Å². The number of furan rings is 1. The van der Waals surface area contributed by atoms with Crippen LogP contribution in [0.3, 0.4) is 0 Å². The largest absolute Gasteiger partial charge is 0.459 e. The average molecular weight is 340 g/mol. The predicted octanol–water partition coefficient (Wildman–Crippen LogP) is 4.46. The summed E-state index contributed by atoms with van der Waals surface area (Å²) in [5.41, 5.74) is 2.86. The Balaban J connectivity index is 1.69. The van der Waals surface area contributed by atoms with E-state index in [0.717, 1.165) is 16.8 Å². The zero-order valence-electron chi connectivity index (χ0n) is 13.3. The maximum absolute atomic E-state index is 12.4. The molecule has 2 N–H and O–H groups in total. The first-order chi connectivity index (χ1) is 11.5. The Morgan fingerprint density at radius 2 is 1.83 bits per heavy atom. The van der Waals surface area contributed by atoms with E-state index in [1.165, 1.54) is 17.6 Å². The van der Waals surface area contributed by atoms with Gasteiger partial charge in [-0.2, -0.15) is 0 Å². The molecular weight excluding hydrogens is 324 g/mol. The normalized spacial score (nSPS) is 10.4. The van der Waals surface area contributed by atoms with E-state index >= 15 is 0 Å². The van der Waals surface area contributed by atoms with Crippen LogP contribution in [-0.4, -0.2) is 11.8 Å². The summed E-state index contributed by atoms with van der Waals surface area (Å²) in [5.74, 6) is -0.319. The van der Waals surface area contributed by atoms with Crippen LogP contribution in [0.5, 0.6) is 0 Å². The van der Waals surface area contributed by atoms with Gasteiger partial charge in [-0.15, -0.1) is 11.3 Å². The number of nitrogens with one attached hydrogen (secondary N) is 2. The molecule has 0 atom stereocenters. The average Bonchev–Trinajstić information content (AvgIpc) is 3.22. The van der Waals surface area contributed by atoms with Crippen molar-refractivity contribution in [1.82, 2.24) is 0 Å². The van der Waals surface area contributed by atoms with E-state index in [9.17, 15) is 9.59 Å². The number of amides is 2. The minimum Gasteiger partial charge on any atom is -0.459 e. The standard InChI is InChI=1S/C18H16N2O3S/c1-11-5-6-12(2)13(10-11)19-18(22)15-7-8-16(24-15)20-17(21)14-4-3-9-23-14/h3-10H,1-2H3,(H,19,22)(H,20,21). The van der Waals surface area contributed by atoms with Crippen molar-refractivity contribution < 1.29 is 14.0 Å². The van der Waals surface area contributed by atoms with Crippen LogP contribution in [0, 0.1) is 13.8 Å². The molecule has 24 heavy (non-hydrogen) atoms. The van der Waals surface area contributed by atoms with E-state index in [1.54, 1.807) is 24.3 Å². The lowest BCUT2D eigenvalue weighted by atomic mass is 10.1. The highest BCUT2D eigenvalue weighted by molar-refractivity contribution is 7.18. The van der Waals surface area contributed by atoms with Crippen molar-refractivity contribution in [3.63, 3.8) is 0 Å². The summed E-state index contributed by atoms with van der Waals surface area (Å²) in [6.45, 7) is 3.92. The molecule has 2 heterocycles. The summed E-state index contributed by atoms with van der Waals surface area (Å²) >= 11 is 1.21. The molecule has 0 fully saturated rings. The van der Waals surface area contributed by atoms with Gasteiger partial charge in [0.05, 0.1) is 16.1 Å². The third-order valence-corrected chi connectivity index (χ3v) is 4.45. The van der Waals surface area contributed by atoms with Gasteiger partial charge in [-0.25, -0.2) is 0 Å². The molecule has 1 aromatic carbocycles. The first-order valence-electron chi connectivity index (χ1n) is 7.36. The second-order valence-corrected chi connectivity index (χ2v) is 6.45. The Hall–Kier alpha value is -2.86. The fourth-order valence-electron chi connectivity index (χ4n) is 2.16. The van der Waals surface area contributed by atoms with Gasteiger partial charge in [0, 0.05) is 5.69 Å². The Morgan fingerprint density at radius 3 is 2.58 bits per heavy atom. The maximum atomic E-state index is 12.4. The highest BCUT2D eigenvalue weighted by Crippen LogP contribution is 2.24. The van der Waals surface area contributed by atoms with Gasteiger partial charge in [0.15, 0.2) is 5.76 Å². The zero-order chi connectivity index (χ0) is 17.1. The van der Waals surface area contributed by atoms with Crippen molar-refractivity contribution in [2.75, 3.05) is 10.6 Å². The fourth-order valence-corrected chi connectivity index (χ4v) is 2.96. The number of aryl methyl sites for hydroxylation is 2. The Bertz CT molecular complexity index is 882. The molecule has 0 aliphatic carbocycles. The van der Waals surface area contributed by atoms with Crippen molar-refractivity contribution >= 4 is 33.8 Å². The highest BCUT2D eigenvalue weighted by atomic mass is 32.1. The first kappa shape index (κ1) is 16.0. The molecule has 0 bridgehead atoms. The number of thiophene rings is 1. The molecule has 0 aliphatic heterocycles. The molecule has 0 spiro atoms. The van der Waals surface area contributed by atoms with Gasteiger partial charge in [0.1, 0.15) is 0 Å². The van der Waals surface area contributed by atoms with Crippen LogP contribution in [0.4, 0.5) is 10.7 Å². The first-order valence-corrected chi connectivity index (χ1v) is 8.18. The second kappa shape index (κ2) is 6.72. The molecule has 6 heteroatoms. The molecule has 5 nitrogen and oxygen atoms in total. The van der Waals surface area contributed by atoms with Gasteiger partial charge >= 0.3 is 0 Å². The lowest BCUT2D eigenvalue weighted by Crippen LogP contribution is -2.11. The van der Waals surface area contributed by atoms with Gasteiger partial charge in [-0.3, -0.25) is 9.59 Å². The Kier molecular flexibility index (Phi) is 4.48. The summed E-state index contributed by atoms with van der Waals surface area (Å²) in [6.07, 6.45) is 1.44. The molecule has 0 saturated carbocycles. The van der Waals surface area contributed by atoms with E-state index in [0.29, 0.717) is 9.88 Å². The van der Waals surface area contributed by atoms with Crippen molar-refractivity contribution in [3.05, 3.63) is 70.5 Å². The number of hydrogen-bond acceptors (Lipinski definition) is 4. The van der Waals surface area contributed by atoms with E-state index in [-0.39, 0.29) is 17.6 Å². The molecule has 122 valence electrons. The van der Waals surface area contributed by atoms with Crippen LogP contribution in [-0.2, 0) is 0 Å². The fraction of sp³-hybridized carbons (Fsp3) is 0.111. The summed E-state index contributed by atoms with van der Waals surface area (Å²) < 4.78 is 5.04. The van der Waals surface area contributed by atoms with E-state index < -0.39 is 0 Å². The van der Waals surface area contributed by atoms with Crippen LogP contribution in [0.2, 0.25) is 0 Å². The number of carbonyl (C=O) groups excluding carboxylic acids is 2. The quantitative estimate of drug-likeness (QED) is 0.736. The van der Waals surface area contributed by atoms with Crippen molar-refractivity contribution in [1.29, 1.82) is 0 Å². The third kappa shape index (κ3) is 3.55. The van der Waals surface area contributed by atoms with Crippen LogP contribution in [0.1, 0.15) is 31.4 Å². The Morgan fingerprint density at radius 1 is 1.00 bits per heavy atom. The number of hydrogen-bond donors (Lipinski definition) is 2. The predicted molar refractivity (Wildman–Crippen MR) is 94.8 cm³/mol. The molecule has 3 aromatic rings. The molecule has 0 aliphatic rings. The van der Waals surface area contributed by atoms with Crippen LogP contribution < -0.4 is 10.6 Å². The summed E-state index contributed by atoms with van der Waals surface area (Å²) in [6, 6.07) is 12.5. The molecule has 0 saturated heterocycles. The minimum absolute atomic E-state index is 0.202. The smallest absolute Gasteiger partial charge is 0.291 e. The lowest BCUT2D eigenvalue weighted by Gasteiger charge is -2.08. The Labute approximate surface area is 143 Å². The van der Waals surface area contributed by atoms with E-state index in [4.69, 9.17) is 4.42 Å².